The standard InChI is InChI=1S/C20H18N2O3S/c1-3-14-6-4-5-7-15(14)21-20-22(2)19(23)18(26-20)11-13-8-9-16-17(10-13)25-12-24-16/h4-11H,3,12H2,1-2H3/b18-11+,21-20?. The van der Waals surface area contributed by atoms with E-state index in [1.54, 1.807) is 11.9 Å². The summed E-state index contributed by atoms with van der Waals surface area (Å²) < 4.78 is 10.7. The van der Waals surface area contributed by atoms with Crippen LogP contribution < -0.4 is 9.47 Å². The summed E-state index contributed by atoms with van der Waals surface area (Å²) in [7, 11) is 1.75. The molecule has 4 rings (SSSR count). The smallest absolute Gasteiger partial charge is 0.266 e. The number of aryl methyl sites for hydroxylation is 1. The van der Waals surface area contributed by atoms with Crippen molar-refractivity contribution >= 4 is 34.6 Å². The lowest BCUT2D eigenvalue weighted by Crippen LogP contribution is -2.23. The lowest BCUT2D eigenvalue weighted by molar-refractivity contribution is -0.121. The Bertz CT molecular complexity index is 936. The highest BCUT2D eigenvalue weighted by molar-refractivity contribution is 8.18. The summed E-state index contributed by atoms with van der Waals surface area (Å²) in [5.41, 5.74) is 2.96. The molecule has 6 heteroatoms. The van der Waals surface area contributed by atoms with Crippen molar-refractivity contribution in [2.24, 2.45) is 4.99 Å². The van der Waals surface area contributed by atoms with Crippen molar-refractivity contribution in [3.63, 3.8) is 0 Å². The van der Waals surface area contributed by atoms with E-state index in [2.05, 4.69) is 13.0 Å². The molecule has 0 bridgehead atoms. The summed E-state index contributed by atoms with van der Waals surface area (Å²) in [5.74, 6) is 1.38. The van der Waals surface area contributed by atoms with E-state index < -0.39 is 0 Å². The van der Waals surface area contributed by atoms with Gasteiger partial charge in [0.2, 0.25) is 6.79 Å². The molecule has 5 nitrogen and oxygen atoms in total. The van der Waals surface area contributed by atoms with Gasteiger partial charge in [0.1, 0.15) is 0 Å². The molecule has 2 aromatic rings. The molecule has 0 unspecified atom stereocenters. The molecule has 0 atom stereocenters. The number of amidine groups is 1. The Labute approximate surface area is 156 Å². The molecule has 1 fully saturated rings. The minimum absolute atomic E-state index is 0.0552. The predicted molar refractivity (Wildman–Crippen MR) is 104 cm³/mol. The van der Waals surface area contributed by atoms with Crippen LogP contribution in [0.25, 0.3) is 6.08 Å². The van der Waals surface area contributed by atoms with Gasteiger partial charge in [-0.05, 0) is 53.6 Å². The van der Waals surface area contributed by atoms with Gasteiger partial charge in [-0.2, -0.15) is 0 Å². The zero-order valence-electron chi connectivity index (χ0n) is 14.6. The summed E-state index contributed by atoms with van der Waals surface area (Å²) in [6.07, 6.45) is 2.76. The molecule has 0 N–H and O–H groups in total. The third-order valence-electron chi connectivity index (χ3n) is 4.29. The maximum atomic E-state index is 12.6. The molecular formula is C20H18N2O3S. The molecular weight excluding hydrogens is 348 g/mol. The van der Waals surface area contributed by atoms with E-state index in [4.69, 9.17) is 14.5 Å². The number of hydrogen-bond acceptors (Lipinski definition) is 5. The number of likely N-dealkylation sites (N-methyl/N-ethyl adjacent to an activating group) is 1. The number of nitrogens with zero attached hydrogens (tertiary/aromatic N) is 2. The van der Waals surface area contributed by atoms with Crippen molar-refractivity contribution in [1.29, 1.82) is 0 Å². The van der Waals surface area contributed by atoms with E-state index in [1.807, 2.05) is 42.5 Å². The molecule has 0 aliphatic carbocycles. The topological polar surface area (TPSA) is 51.1 Å². The minimum Gasteiger partial charge on any atom is -0.454 e. The monoisotopic (exact) mass is 366 g/mol. The third-order valence-corrected chi connectivity index (χ3v) is 5.35. The molecule has 2 heterocycles. The Kier molecular flexibility index (Phi) is 4.42. The van der Waals surface area contributed by atoms with Crippen LogP contribution in [0.1, 0.15) is 18.1 Å². The maximum Gasteiger partial charge on any atom is 0.266 e. The van der Waals surface area contributed by atoms with Gasteiger partial charge < -0.3 is 9.47 Å². The Morgan fingerprint density at radius 3 is 2.85 bits per heavy atom. The van der Waals surface area contributed by atoms with Gasteiger partial charge in [0.05, 0.1) is 10.6 Å². The van der Waals surface area contributed by atoms with Crippen LogP contribution >= 0.6 is 11.8 Å². The van der Waals surface area contributed by atoms with E-state index in [-0.39, 0.29) is 12.7 Å². The molecule has 1 amide bonds. The number of fused-ring (bicyclic) bond motifs is 1. The Morgan fingerprint density at radius 2 is 2.00 bits per heavy atom. The van der Waals surface area contributed by atoms with Crippen LogP contribution in [0.5, 0.6) is 11.5 Å². The predicted octanol–water partition coefficient (Wildman–Crippen LogP) is 4.21. The van der Waals surface area contributed by atoms with Crippen molar-refractivity contribution < 1.29 is 14.3 Å². The first-order valence-electron chi connectivity index (χ1n) is 8.39. The van der Waals surface area contributed by atoms with Gasteiger partial charge in [-0.1, -0.05) is 31.2 Å². The number of benzene rings is 2. The number of thioether (sulfide) groups is 1. The summed E-state index contributed by atoms with van der Waals surface area (Å²) in [5, 5.41) is 0.683. The molecule has 2 aromatic carbocycles. The number of carbonyl (C=O) groups is 1. The fraction of sp³-hybridized carbons (Fsp3) is 0.200. The number of aliphatic imine (C=N–C) groups is 1. The van der Waals surface area contributed by atoms with E-state index in [0.29, 0.717) is 15.8 Å². The molecule has 132 valence electrons. The zero-order chi connectivity index (χ0) is 18.1. The van der Waals surface area contributed by atoms with E-state index in [0.717, 1.165) is 29.0 Å². The summed E-state index contributed by atoms with van der Waals surface area (Å²) in [4.78, 5) is 19.5. The first-order chi connectivity index (χ1) is 12.7. The maximum absolute atomic E-state index is 12.6. The Hall–Kier alpha value is -2.73. The third kappa shape index (κ3) is 3.08. The van der Waals surface area contributed by atoms with Crippen molar-refractivity contribution in [2.45, 2.75) is 13.3 Å². The van der Waals surface area contributed by atoms with Gasteiger partial charge in [-0.25, -0.2) is 4.99 Å². The van der Waals surface area contributed by atoms with E-state index in [1.165, 1.54) is 11.8 Å². The van der Waals surface area contributed by atoms with Crippen LogP contribution in [0.2, 0.25) is 0 Å². The molecule has 26 heavy (non-hydrogen) atoms. The van der Waals surface area contributed by atoms with Gasteiger partial charge >= 0.3 is 0 Å². The molecule has 0 aromatic heterocycles. The number of carbonyl (C=O) groups excluding carboxylic acids is 1. The number of ether oxygens (including phenoxy) is 2. The highest BCUT2D eigenvalue weighted by Gasteiger charge is 2.30. The highest BCUT2D eigenvalue weighted by atomic mass is 32.2. The van der Waals surface area contributed by atoms with Crippen LogP contribution in [0.4, 0.5) is 5.69 Å². The Morgan fingerprint density at radius 1 is 1.19 bits per heavy atom. The van der Waals surface area contributed by atoms with Crippen molar-refractivity contribution in [3.05, 3.63) is 58.5 Å². The van der Waals surface area contributed by atoms with Crippen LogP contribution in [-0.2, 0) is 11.2 Å². The van der Waals surface area contributed by atoms with Crippen LogP contribution in [-0.4, -0.2) is 29.8 Å². The van der Waals surface area contributed by atoms with Crippen LogP contribution in [0.3, 0.4) is 0 Å². The summed E-state index contributed by atoms with van der Waals surface area (Å²) >= 11 is 1.38. The molecule has 0 saturated carbocycles. The molecule has 0 radical (unpaired) electrons. The fourth-order valence-corrected chi connectivity index (χ4v) is 3.81. The average Bonchev–Trinajstić information content (AvgIpc) is 3.22. The van der Waals surface area contributed by atoms with Crippen molar-refractivity contribution in [3.8, 4) is 11.5 Å². The SMILES string of the molecule is CCc1ccccc1N=C1S/C(=C/c2ccc3c(c2)OCO3)C(=O)N1C. The zero-order valence-corrected chi connectivity index (χ0v) is 15.4. The van der Waals surface area contributed by atoms with Crippen molar-refractivity contribution in [2.75, 3.05) is 13.8 Å². The second kappa shape index (κ2) is 6.88. The molecule has 1 saturated heterocycles. The van der Waals surface area contributed by atoms with E-state index in [9.17, 15) is 4.79 Å². The van der Waals surface area contributed by atoms with Gasteiger partial charge in [-0.3, -0.25) is 9.69 Å². The summed E-state index contributed by atoms with van der Waals surface area (Å²) in [6.45, 7) is 2.33. The van der Waals surface area contributed by atoms with E-state index >= 15 is 0 Å². The number of para-hydroxylation sites is 1. The molecule has 2 aliphatic heterocycles. The second-order valence-electron chi connectivity index (χ2n) is 5.96. The second-order valence-corrected chi connectivity index (χ2v) is 6.97. The largest absolute Gasteiger partial charge is 0.454 e. The molecule has 0 spiro atoms. The summed E-state index contributed by atoms with van der Waals surface area (Å²) in [6, 6.07) is 13.7. The van der Waals surface area contributed by atoms with Crippen molar-refractivity contribution in [1.82, 2.24) is 4.90 Å². The number of amides is 1. The van der Waals surface area contributed by atoms with Gasteiger partial charge in [0, 0.05) is 7.05 Å². The minimum atomic E-state index is -0.0552. The van der Waals surface area contributed by atoms with Crippen LogP contribution in [0, 0.1) is 0 Å². The molecule has 2 aliphatic rings. The van der Waals surface area contributed by atoms with Gasteiger partial charge in [-0.15, -0.1) is 0 Å². The number of hydrogen-bond donors (Lipinski definition) is 0. The van der Waals surface area contributed by atoms with Gasteiger partial charge in [0.15, 0.2) is 16.7 Å². The highest BCUT2D eigenvalue weighted by Crippen LogP contribution is 2.36. The van der Waals surface area contributed by atoms with Gasteiger partial charge in [0.25, 0.3) is 5.91 Å². The van der Waals surface area contributed by atoms with Crippen LogP contribution in [0.15, 0.2) is 52.4 Å². The average molecular weight is 366 g/mol. The Balaban J connectivity index is 1.64. The fourth-order valence-electron chi connectivity index (χ4n) is 2.83. The number of rotatable bonds is 3. The normalized spacial score (nSPS) is 19.0. The first kappa shape index (κ1) is 16.7. The first-order valence-corrected chi connectivity index (χ1v) is 9.21. The lowest BCUT2D eigenvalue weighted by atomic mass is 10.1. The lowest BCUT2D eigenvalue weighted by Gasteiger charge is -2.08. The quantitative estimate of drug-likeness (QED) is 0.764.